The zero-order chi connectivity index (χ0) is 23.5. The number of aromatic nitrogens is 1. The number of fused-ring (bicyclic) bond motifs is 1. The van der Waals surface area contributed by atoms with Crippen LogP contribution < -0.4 is 10.1 Å². The van der Waals surface area contributed by atoms with Crippen molar-refractivity contribution >= 4 is 45.0 Å². The fourth-order valence-corrected chi connectivity index (χ4v) is 3.98. The number of carbonyl (C=O) groups is 3. The number of rotatable bonds is 5. The first kappa shape index (κ1) is 23.2. The Labute approximate surface area is 184 Å². The van der Waals surface area contributed by atoms with Crippen molar-refractivity contribution < 1.29 is 32.3 Å². The van der Waals surface area contributed by atoms with Crippen molar-refractivity contribution in [1.82, 2.24) is 4.57 Å². The Hall–Kier alpha value is -3.47. The van der Waals surface area contributed by atoms with E-state index in [1.165, 1.54) is 17.6 Å². The lowest BCUT2D eigenvalue weighted by atomic mass is 10.1. The Bertz CT molecular complexity index is 1260. The quantitative estimate of drug-likeness (QED) is 0.577. The summed E-state index contributed by atoms with van der Waals surface area (Å²) in [6, 6.07) is 8.86. The molecule has 0 radical (unpaired) electrons. The second-order valence-corrected chi connectivity index (χ2v) is 7.64. The zero-order valence-corrected chi connectivity index (χ0v) is 17.8. The van der Waals surface area contributed by atoms with Crippen LogP contribution in [0.25, 0.3) is 10.2 Å². The van der Waals surface area contributed by atoms with Gasteiger partial charge >= 0.3 is 12.1 Å². The van der Waals surface area contributed by atoms with Crippen LogP contribution in [0.5, 0.6) is 0 Å². The molecule has 1 heterocycles. The minimum atomic E-state index is -4.60. The Morgan fingerprint density at radius 1 is 1.16 bits per heavy atom. The molecule has 3 aromatic rings. The van der Waals surface area contributed by atoms with Crippen LogP contribution in [0.15, 0.2) is 47.5 Å². The van der Waals surface area contributed by atoms with Crippen LogP contribution in [-0.4, -0.2) is 29.0 Å². The van der Waals surface area contributed by atoms with Crippen molar-refractivity contribution in [3.63, 3.8) is 0 Å². The predicted molar refractivity (Wildman–Crippen MR) is 112 cm³/mol. The van der Waals surface area contributed by atoms with E-state index < -0.39 is 23.6 Å². The largest absolute Gasteiger partial charge is 0.465 e. The molecule has 0 saturated heterocycles. The number of nitrogens with one attached hydrogen (secondary N) is 1. The second kappa shape index (κ2) is 9.35. The lowest BCUT2D eigenvalue weighted by molar-refractivity contribution is -0.143. The number of esters is 1. The molecule has 7 nitrogen and oxygen atoms in total. The molecule has 0 unspecified atom stereocenters. The van der Waals surface area contributed by atoms with E-state index in [1.54, 1.807) is 25.1 Å². The van der Waals surface area contributed by atoms with Crippen molar-refractivity contribution in [2.75, 3.05) is 11.9 Å². The molecule has 32 heavy (non-hydrogen) atoms. The fourth-order valence-electron chi connectivity index (χ4n) is 2.91. The van der Waals surface area contributed by atoms with E-state index in [-0.39, 0.29) is 29.4 Å². The van der Waals surface area contributed by atoms with Gasteiger partial charge < -0.3 is 14.6 Å². The van der Waals surface area contributed by atoms with Crippen LogP contribution in [-0.2, 0) is 27.0 Å². The molecule has 0 aliphatic carbocycles. The van der Waals surface area contributed by atoms with Crippen molar-refractivity contribution in [2.24, 2.45) is 4.99 Å². The van der Waals surface area contributed by atoms with Gasteiger partial charge in [-0.05, 0) is 43.3 Å². The van der Waals surface area contributed by atoms with Gasteiger partial charge in [-0.2, -0.15) is 18.2 Å². The smallest absolute Gasteiger partial charge is 0.416 e. The molecule has 0 atom stereocenters. The van der Waals surface area contributed by atoms with E-state index in [9.17, 15) is 27.6 Å². The standard InChI is InChI=1S/C21H18F3N3O4S/c1-3-31-18(29)11-27-16-8-7-15(25-12(2)28)10-17(16)32-20(27)26-19(30)13-5-4-6-14(9-13)21(22,23)24/h4-10H,3,11H2,1-2H3,(H,25,28). The van der Waals surface area contributed by atoms with E-state index in [0.29, 0.717) is 15.9 Å². The number of alkyl halides is 3. The number of ether oxygens (including phenoxy) is 1. The topological polar surface area (TPSA) is 89.8 Å². The molecule has 11 heteroatoms. The number of benzene rings is 2. The summed E-state index contributed by atoms with van der Waals surface area (Å²) in [5.74, 6) is -1.72. The van der Waals surface area contributed by atoms with E-state index >= 15 is 0 Å². The highest BCUT2D eigenvalue weighted by Gasteiger charge is 2.30. The molecular weight excluding hydrogens is 447 g/mol. The summed E-state index contributed by atoms with van der Waals surface area (Å²) in [4.78, 5) is 40.1. The summed E-state index contributed by atoms with van der Waals surface area (Å²) in [6.45, 7) is 2.91. The summed E-state index contributed by atoms with van der Waals surface area (Å²) >= 11 is 1.05. The third-order valence-corrected chi connectivity index (χ3v) is 5.27. The lowest BCUT2D eigenvalue weighted by Crippen LogP contribution is -2.23. The average Bonchev–Trinajstić information content (AvgIpc) is 3.03. The van der Waals surface area contributed by atoms with Gasteiger partial charge in [-0.25, -0.2) is 0 Å². The SMILES string of the molecule is CCOC(=O)Cn1c(=NC(=O)c2cccc(C(F)(F)F)c2)sc2cc(NC(C)=O)ccc21. The molecule has 0 fully saturated rings. The molecule has 1 aromatic heterocycles. The number of hydrogen-bond donors (Lipinski definition) is 1. The first-order valence-corrected chi connectivity index (χ1v) is 10.2. The Kier molecular flexibility index (Phi) is 6.78. The highest BCUT2D eigenvalue weighted by molar-refractivity contribution is 7.16. The summed E-state index contributed by atoms with van der Waals surface area (Å²) in [5, 5.41) is 2.64. The van der Waals surface area contributed by atoms with Gasteiger partial charge in [0.1, 0.15) is 6.54 Å². The van der Waals surface area contributed by atoms with Crippen LogP contribution in [0.4, 0.5) is 18.9 Å². The van der Waals surface area contributed by atoms with E-state index in [0.717, 1.165) is 29.5 Å². The number of carbonyl (C=O) groups excluding carboxylic acids is 3. The Morgan fingerprint density at radius 2 is 1.91 bits per heavy atom. The molecule has 2 amide bonds. The van der Waals surface area contributed by atoms with Gasteiger partial charge in [-0.3, -0.25) is 14.4 Å². The van der Waals surface area contributed by atoms with Gasteiger partial charge in [0.15, 0.2) is 4.80 Å². The van der Waals surface area contributed by atoms with E-state index in [2.05, 4.69) is 10.3 Å². The Balaban J connectivity index is 2.10. The highest BCUT2D eigenvalue weighted by Crippen LogP contribution is 2.29. The van der Waals surface area contributed by atoms with Gasteiger partial charge in [0.25, 0.3) is 5.91 Å². The van der Waals surface area contributed by atoms with Crippen LogP contribution in [0.2, 0.25) is 0 Å². The van der Waals surface area contributed by atoms with E-state index in [4.69, 9.17) is 4.74 Å². The average molecular weight is 465 g/mol. The van der Waals surface area contributed by atoms with Crippen molar-refractivity contribution in [2.45, 2.75) is 26.6 Å². The number of thiazole rings is 1. The number of hydrogen-bond acceptors (Lipinski definition) is 5. The van der Waals surface area contributed by atoms with Gasteiger partial charge in [0.2, 0.25) is 5.91 Å². The van der Waals surface area contributed by atoms with E-state index in [1.807, 2.05) is 0 Å². The molecule has 0 aliphatic rings. The second-order valence-electron chi connectivity index (χ2n) is 6.64. The molecule has 0 aliphatic heterocycles. The monoisotopic (exact) mass is 465 g/mol. The molecule has 0 saturated carbocycles. The first-order valence-electron chi connectivity index (χ1n) is 9.41. The minimum absolute atomic E-state index is 0.107. The van der Waals surface area contributed by atoms with Gasteiger partial charge in [0, 0.05) is 18.2 Å². The normalized spacial score (nSPS) is 12.1. The fraction of sp³-hybridized carbons (Fsp3) is 0.238. The van der Waals surface area contributed by atoms with Crippen LogP contribution in [0, 0.1) is 0 Å². The number of anilines is 1. The molecule has 1 N–H and O–H groups in total. The molecule has 168 valence electrons. The van der Waals surface area contributed by atoms with Crippen LogP contribution in [0.3, 0.4) is 0 Å². The zero-order valence-electron chi connectivity index (χ0n) is 17.0. The first-order chi connectivity index (χ1) is 15.1. The predicted octanol–water partition coefficient (Wildman–Crippen LogP) is 3.98. The highest BCUT2D eigenvalue weighted by atomic mass is 32.1. The maximum Gasteiger partial charge on any atom is 0.416 e. The third-order valence-electron chi connectivity index (χ3n) is 4.23. The third kappa shape index (κ3) is 5.41. The summed E-state index contributed by atoms with van der Waals surface area (Å²) in [5.41, 5.74) is -0.147. The van der Waals surface area contributed by atoms with Crippen LogP contribution >= 0.6 is 11.3 Å². The minimum Gasteiger partial charge on any atom is -0.465 e. The van der Waals surface area contributed by atoms with Gasteiger partial charge in [0.05, 0.1) is 22.4 Å². The maximum absolute atomic E-state index is 13.0. The van der Waals surface area contributed by atoms with Crippen molar-refractivity contribution in [3.8, 4) is 0 Å². The van der Waals surface area contributed by atoms with Crippen LogP contribution in [0.1, 0.15) is 29.8 Å². The molecule has 0 spiro atoms. The number of amides is 2. The summed E-state index contributed by atoms with van der Waals surface area (Å²) in [6.07, 6.45) is -4.60. The van der Waals surface area contributed by atoms with Crippen molar-refractivity contribution in [1.29, 1.82) is 0 Å². The number of halogens is 3. The van der Waals surface area contributed by atoms with Gasteiger partial charge in [-0.15, -0.1) is 0 Å². The molecule has 0 bridgehead atoms. The van der Waals surface area contributed by atoms with Crippen molar-refractivity contribution in [3.05, 3.63) is 58.4 Å². The lowest BCUT2D eigenvalue weighted by Gasteiger charge is -2.07. The Morgan fingerprint density at radius 3 is 2.56 bits per heavy atom. The molecule has 2 aromatic carbocycles. The number of nitrogens with zero attached hydrogens (tertiary/aromatic N) is 2. The molecule has 3 rings (SSSR count). The maximum atomic E-state index is 13.0. The molecular formula is C21H18F3N3O4S. The van der Waals surface area contributed by atoms with Gasteiger partial charge in [-0.1, -0.05) is 17.4 Å². The summed E-state index contributed by atoms with van der Waals surface area (Å²) < 4.78 is 46.0. The summed E-state index contributed by atoms with van der Waals surface area (Å²) in [7, 11) is 0.